The molecule has 1 fully saturated rings. The average Bonchev–Trinajstić information content (AvgIpc) is 3.21. The molecular formula is C22H26N4O2S. The highest BCUT2D eigenvalue weighted by Gasteiger charge is 2.20. The lowest BCUT2D eigenvalue weighted by Crippen LogP contribution is -2.46. The number of piperazine rings is 1. The molecule has 0 atom stereocenters. The van der Waals surface area contributed by atoms with Crippen molar-refractivity contribution in [3.63, 3.8) is 0 Å². The largest absolute Gasteiger partial charge is 0.497 e. The zero-order valence-electron chi connectivity index (χ0n) is 16.8. The van der Waals surface area contributed by atoms with Crippen molar-refractivity contribution < 1.29 is 9.47 Å². The van der Waals surface area contributed by atoms with E-state index in [0.29, 0.717) is 0 Å². The molecule has 4 rings (SSSR count). The lowest BCUT2D eigenvalue weighted by molar-refractivity contribution is 0.247. The number of methoxy groups -OCH3 is 2. The van der Waals surface area contributed by atoms with Crippen LogP contribution in [0.5, 0.6) is 11.5 Å². The Bertz CT molecular complexity index is 921. The number of anilines is 3. The van der Waals surface area contributed by atoms with Crippen molar-refractivity contribution in [3.05, 3.63) is 59.6 Å². The van der Waals surface area contributed by atoms with Gasteiger partial charge in [-0.3, -0.25) is 4.90 Å². The van der Waals surface area contributed by atoms with Crippen molar-refractivity contribution in [1.82, 2.24) is 9.88 Å². The van der Waals surface area contributed by atoms with Crippen LogP contribution in [0.15, 0.2) is 53.9 Å². The maximum absolute atomic E-state index is 5.51. The Balaban J connectivity index is 1.30. The first-order chi connectivity index (χ1) is 14.2. The van der Waals surface area contributed by atoms with Crippen LogP contribution in [0.1, 0.15) is 5.69 Å². The molecule has 6 nitrogen and oxygen atoms in total. The maximum Gasteiger partial charge on any atom is 0.187 e. The van der Waals surface area contributed by atoms with Gasteiger partial charge in [0.25, 0.3) is 0 Å². The molecule has 3 aromatic rings. The highest BCUT2D eigenvalue weighted by atomic mass is 32.1. The molecule has 152 valence electrons. The minimum absolute atomic E-state index is 0.850. The quantitative estimate of drug-likeness (QED) is 0.629. The van der Waals surface area contributed by atoms with Gasteiger partial charge in [0.2, 0.25) is 0 Å². The van der Waals surface area contributed by atoms with E-state index in [1.54, 1.807) is 25.6 Å². The molecule has 1 N–H and O–H groups in total. The number of nitrogens with zero attached hydrogens (tertiary/aromatic N) is 3. The van der Waals surface area contributed by atoms with Gasteiger partial charge in [0.15, 0.2) is 5.13 Å². The van der Waals surface area contributed by atoms with Gasteiger partial charge in [-0.1, -0.05) is 12.1 Å². The van der Waals surface area contributed by atoms with Crippen molar-refractivity contribution in [2.45, 2.75) is 6.54 Å². The van der Waals surface area contributed by atoms with E-state index >= 15 is 0 Å². The number of thiazole rings is 1. The summed E-state index contributed by atoms with van der Waals surface area (Å²) in [6.07, 6.45) is 0. The Morgan fingerprint density at radius 3 is 2.45 bits per heavy atom. The fourth-order valence-corrected chi connectivity index (χ4v) is 4.22. The van der Waals surface area contributed by atoms with E-state index < -0.39 is 0 Å². The second-order valence-corrected chi connectivity index (χ2v) is 7.79. The Labute approximate surface area is 175 Å². The number of para-hydroxylation sites is 2. The van der Waals surface area contributed by atoms with E-state index in [0.717, 1.165) is 60.7 Å². The van der Waals surface area contributed by atoms with Gasteiger partial charge in [-0.25, -0.2) is 4.98 Å². The zero-order valence-corrected chi connectivity index (χ0v) is 17.6. The molecule has 1 aliphatic heterocycles. The number of nitrogens with one attached hydrogen (secondary N) is 1. The smallest absolute Gasteiger partial charge is 0.187 e. The van der Waals surface area contributed by atoms with Crippen molar-refractivity contribution in [2.75, 3.05) is 50.6 Å². The van der Waals surface area contributed by atoms with Gasteiger partial charge in [0.05, 0.1) is 25.6 Å². The predicted octanol–water partition coefficient (Wildman–Crippen LogP) is 4.23. The van der Waals surface area contributed by atoms with Crippen LogP contribution in [0.25, 0.3) is 0 Å². The van der Waals surface area contributed by atoms with Gasteiger partial charge in [-0.15, -0.1) is 11.3 Å². The Morgan fingerprint density at radius 1 is 0.966 bits per heavy atom. The minimum Gasteiger partial charge on any atom is -0.497 e. The maximum atomic E-state index is 5.51. The van der Waals surface area contributed by atoms with Crippen LogP contribution in [-0.4, -0.2) is 50.3 Å². The van der Waals surface area contributed by atoms with Gasteiger partial charge >= 0.3 is 0 Å². The third kappa shape index (κ3) is 4.81. The van der Waals surface area contributed by atoms with Crippen molar-refractivity contribution in [2.24, 2.45) is 0 Å². The van der Waals surface area contributed by atoms with E-state index in [1.165, 1.54) is 5.69 Å². The van der Waals surface area contributed by atoms with Crippen LogP contribution in [0.4, 0.5) is 16.5 Å². The van der Waals surface area contributed by atoms with E-state index in [4.69, 9.17) is 14.5 Å². The van der Waals surface area contributed by atoms with Crippen molar-refractivity contribution >= 4 is 27.8 Å². The first kappa shape index (κ1) is 19.5. The molecule has 1 saturated heterocycles. The van der Waals surface area contributed by atoms with Gasteiger partial charge < -0.3 is 19.7 Å². The lowest BCUT2D eigenvalue weighted by atomic mass is 10.2. The number of hydrogen-bond donors (Lipinski definition) is 1. The summed E-state index contributed by atoms with van der Waals surface area (Å²) < 4.78 is 10.7. The molecule has 2 heterocycles. The van der Waals surface area contributed by atoms with Crippen molar-refractivity contribution in [1.29, 1.82) is 0 Å². The van der Waals surface area contributed by atoms with Gasteiger partial charge in [0, 0.05) is 43.8 Å². The highest BCUT2D eigenvalue weighted by Crippen LogP contribution is 2.29. The summed E-state index contributed by atoms with van der Waals surface area (Å²) in [5.41, 5.74) is 3.29. The number of rotatable bonds is 7. The topological polar surface area (TPSA) is 49.9 Å². The van der Waals surface area contributed by atoms with Gasteiger partial charge in [-0.05, 0) is 36.4 Å². The molecule has 0 unspecified atom stereocenters. The lowest BCUT2D eigenvalue weighted by Gasteiger charge is -2.36. The molecule has 0 bridgehead atoms. The zero-order chi connectivity index (χ0) is 20.1. The van der Waals surface area contributed by atoms with Crippen LogP contribution in [0.3, 0.4) is 0 Å². The summed E-state index contributed by atoms with van der Waals surface area (Å²) in [7, 11) is 3.40. The molecule has 0 radical (unpaired) electrons. The first-order valence-corrected chi connectivity index (χ1v) is 10.6. The third-order valence-corrected chi connectivity index (χ3v) is 5.88. The number of hydrogen-bond acceptors (Lipinski definition) is 7. The SMILES string of the molecule is COc1ccc(Nc2nc(CN3CCN(c4ccccc4OC)CC3)cs2)cc1. The van der Waals surface area contributed by atoms with Crippen LogP contribution >= 0.6 is 11.3 Å². The van der Waals surface area contributed by atoms with Crippen LogP contribution in [0, 0.1) is 0 Å². The summed E-state index contributed by atoms with van der Waals surface area (Å²) in [4.78, 5) is 9.60. The minimum atomic E-state index is 0.850. The molecule has 29 heavy (non-hydrogen) atoms. The monoisotopic (exact) mass is 410 g/mol. The highest BCUT2D eigenvalue weighted by molar-refractivity contribution is 7.13. The van der Waals surface area contributed by atoms with E-state index in [1.807, 2.05) is 36.4 Å². The first-order valence-electron chi connectivity index (χ1n) is 9.71. The summed E-state index contributed by atoms with van der Waals surface area (Å²) in [6, 6.07) is 16.1. The third-order valence-electron chi connectivity index (χ3n) is 5.08. The molecule has 2 aromatic carbocycles. The fraction of sp³-hybridized carbons (Fsp3) is 0.318. The summed E-state index contributed by atoms with van der Waals surface area (Å²) in [6.45, 7) is 4.87. The molecule has 1 aromatic heterocycles. The summed E-state index contributed by atoms with van der Waals surface area (Å²) in [5, 5.41) is 6.42. The molecular weight excluding hydrogens is 384 g/mol. The van der Waals surface area contributed by atoms with Gasteiger partial charge in [-0.2, -0.15) is 0 Å². The number of aromatic nitrogens is 1. The molecule has 7 heteroatoms. The molecule has 0 amide bonds. The molecule has 0 saturated carbocycles. The average molecular weight is 411 g/mol. The summed E-state index contributed by atoms with van der Waals surface area (Å²) in [5.74, 6) is 1.79. The fourth-order valence-electron chi connectivity index (χ4n) is 3.50. The van der Waals surface area contributed by atoms with Crippen LogP contribution in [0.2, 0.25) is 0 Å². The van der Waals surface area contributed by atoms with Crippen LogP contribution in [-0.2, 0) is 6.54 Å². The second-order valence-electron chi connectivity index (χ2n) is 6.93. The Kier molecular flexibility index (Phi) is 6.17. The van der Waals surface area contributed by atoms with E-state index in [-0.39, 0.29) is 0 Å². The summed E-state index contributed by atoms with van der Waals surface area (Å²) >= 11 is 1.64. The number of benzene rings is 2. The predicted molar refractivity (Wildman–Crippen MR) is 119 cm³/mol. The van der Waals surface area contributed by atoms with E-state index in [2.05, 4.69) is 32.6 Å². The molecule has 1 aliphatic rings. The Morgan fingerprint density at radius 2 is 1.72 bits per heavy atom. The molecule has 0 aliphatic carbocycles. The van der Waals surface area contributed by atoms with Crippen molar-refractivity contribution in [3.8, 4) is 11.5 Å². The normalized spacial score (nSPS) is 14.6. The van der Waals surface area contributed by atoms with Gasteiger partial charge in [0.1, 0.15) is 11.5 Å². The van der Waals surface area contributed by atoms with E-state index in [9.17, 15) is 0 Å². The number of ether oxygens (including phenoxy) is 2. The van der Waals surface area contributed by atoms with Crippen LogP contribution < -0.4 is 19.7 Å². The molecule has 0 spiro atoms. The standard InChI is InChI=1S/C22H26N4O2S/c1-27-19-9-7-17(8-10-19)23-22-24-18(16-29-22)15-25-11-13-26(14-12-25)20-5-3-4-6-21(20)28-2/h3-10,16H,11-15H2,1-2H3,(H,23,24). The Hall–Kier alpha value is -2.77. The second kappa shape index (κ2) is 9.15.